The SMILES string of the molecule is CCOCCN(CC)c1cnc(N)cc1C(=O)O. The molecular formula is C12H19N3O3. The quantitative estimate of drug-likeness (QED) is 0.710. The summed E-state index contributed by atoms with van der Waals surface area (Å²) in [5.74, 6) is -0.800. The van der Waals surface area contributed by atoms with Gasteiger partial charge >= 0.3 is 5.97 Å². The lowest BCUT2D eigenvalue weighted by Crippen LogP contribution is -2.29. The molecule has 6 nitrogen and oxygen atoms in total. The van der Waals surface area contributed by atoms with Gasteiger partial charge in [0.1, 0.15) is 5.82 Å². The van der Waals surface area contributed by atoms with Gasteiger partial charge in [0.05, 0.1) is 24.1 Å². The van der Waals surface area contributed by atoms with Gasteiger partial charge in [-0.2, -0.15) is 0 Å². The minimum atomic E-state index is -1.01. The van der Waals surface area contributed by atoms with Gasteiger partial charge < -0.3 is 20.5 Å². The Morgan fingerprint density at radius 2 is 2.28 bits per heavy atom. The van der Waals surface area contributed by atoms with Crippen LogP contribution in [0.4, 0.5) is 11.5 Å². The molecule has 0 aromatic carbocycles. The molecule has 0 fully saturated rings. The number of ether oxygens (including phenoxy) is 1. The number of anilines is 2. The molecule has 3 N–H and O–H groups in total. The Kier molecular flexibility index (Phi) is 5.38. The Morgan fingerprint density at radius 3 is 2.83 bits per heavy atom. The predicted molar refractivity (Wildman–Crippen MR) is 70.0 cm³/mol. The number of nitrogen functional groups attached to an aromatic ring is 1. The number of aromatic nitrogens is 1. The van der Waals surface area contributed by atoms with E-state index in [0.717, 1.165) is 0 Å². The Balaban J connectivity index is 2.93. The van der Waals surface area contributed by atoms with Crippen molar-refractivity contribution in [3.8, 4) is 0 Å². The van der Waals surface area contributed by atoms with Crippen molar-refractivity contribution in [3.05, 3.63) is 17.8 Å². The number of nitrogens with two attached hydrogens (primary N) is 1. The van der Waals surface area contributed by atoms with Crippen molar-refractivity contribution >= 4 is 17.5 Å². The highest BCUT2D eigenvalue weighted by Gasteiger charge is 2.16. The first-order chi connectivity index (χ1) is 8.60. The van der Waals surface area contributed by atoms with E-state index < -0.39 is 5.97 Å². The second kappa shape index (κ2) is 6.80. The van der Waals surface area contributed by atoms with E-state index >= 15 is 0 Å². The monoisotopic (exact) mass is 253 g/mol. The fraction of sp³-hybridized carbons (Fsp3) is 0.500. The number of rotatable bonds is 7. The Morgan fingerprint density at radius 1 is 1.56 bits per heavy atom. The lowest BCUT2D eigenvalue weighted by Gasteiger charge is -2.24. The number of pyridine rings is 1. The van der Waals surface area contributed by atoms with Crippen molar-refractivity contribution in [2.24, 2.45) is 0 Å². The Hall–Kier alpha value is -1.82. The molecule has 6 heteroatoms. The van der Waals surface area contributed by atoms with Crippen molar-refractivity contribution in [2.75, 3.05) is 36.9 Å². The van der Waals surface area contributed by atoms with Crippen LogP contribution in [0.1, 0.15) is 24.2 Å². The summed E-state index contributed by atoms with van der Waals surface area (Å²) in [5.41, 5.74) is 6.25. The normalized spacial score (nSPS) is 10.3. The summed E-state index contributed by atoms with van der Waals surface area (Å²) in [6, 6.07) is 1.38. The van der Waals surface area contributed by atoms with Crippen molar-refractivity contribution in [3.63, 3.8) is 0 Å². The third-order valence-electron chi connectivity index (χ3n) is 2.57. The van der Waals surface area contributed by atoms with Gasteiger partial charge in [-0.3, -0.25) is 0 Å². The van der Waals surface area contributed by atoms with Crippen LogP contribution in [0, 0.1) is 0 Å². The molecule has 0 aliphatic heterocycles. The molecule has 0 saturated heterocycles. The average molecular weight is 253 g/mol. The molecule has 0 unspecified atom stereocenters. The van der Waals surface area contributed by atoms with Gasteiger partial charge in [-0.1, -0.05) is 0 Å². The number of likely N-dealkylation sites (N-methyl/N-ethyl adjacent to an activating group) is 1. The van der Waals surface area contributed by atoms with Gasteiger partial charge in [0.25, 0.3) is 0 Å². The standard InChI is InChI=1S/C12H19N3O3/c1-3-15(5-6-18-4-2)10-8-14-11(13)7-9(10)12(16)17/h7-8H,3-6H2,1-2H3,(H2,13,14)(H,16,17). The van der Waals surface area contributed by atoms with E-state index in [2.05, 4.69) is 4.98 Å². The van der Waals surface area contributed by atoms with Crippen molar-refractivity contribution in [2.45, 2.75) is 13.8 Å². The molecule has 0 aliphatic rings. The lowest BCUT2D eigenvalue weighted by atomic mass is 10.2. The molecule has 0 saturated carbocycles. The number of hydrogen-bond donors (Lipinski definition) is 2. The second-order valence-corrected chi connectivity index (χ2v) is 3.71. The summed E-state index contributed by atoms with van der Waals surface area (Å²) in [6.07, 6.45) is 1.49. The number of hydrogen-bond acceptors (Lipinski definition) is 5. The van der Waals surface area contributed by atoms with Gasteiger partial charge in [-0.05, 0) is 19.9 Å². The van der Waals surface area contributed by atoms with Gasteiger partial charge in [0, 0.05) is 19.7 Å². The first-order valence-corrected chi connectivity index (χ1v) is 5.91. The maximum Gasteiger partial charge on any atom is 0.338 e. The number of nitrogens with zero attached hydrogens (tertiary/aromatic N) is 2. The van der Waals surface area contributed by atoms with E-state index in [9.17, 15) is 4.79 Å². The van der Waals surface area contributed by atoms with Crippen LogP contribution >= 0.6 is 0 Å². The second-order valence-electron chi connectivity index (χ2n) is 3.71. The topological polar surface area (TPSA) is 88.7 Å². The van der Waals surface area contributed by atoms with E-state index in [1.807, 2.05) is 18.7 Å². The van der Waals surface area contributed by atoms with E-state index in [1.165, 1.54) is 12.3 Å². The van der Waals surface area contributed by atoms with Crippen LogP contribution in [-0.2, 0) is 4.74 Å². The molecule has 0 aliphatic carbocycles. The van der Waals surface area contributed by atoms with Crippen LogP contribution in [0.25, 0.3) is 0 Å². The van der Waals surface area contributed by atoms with Gasteiger partial charge in [-0.15, -0.1) is 0 Å². The molecule has 0 bridgehead atoms. The molecule has 0 amide bonds. The highest BCUT2D eigenvalue weighted by molar-refractivity contribution is 5.95. The van der Waals surface area contributed by atoms with Gasteiger partial charge in [0.2, 0.25) is 0 Å². The number of carboxylic acids is 1. The molecule has 1 aromatic heterocycles. The summed E-state index contributed by atoms with van der Waals surface area (Å²) in [4.78, 5) is 17.0. The maximum atomic E-state index is 11.2. The van der Waals surface area contributed by atoms with Crippen LogP contribution in [-0.4, -0.2) is 42.4 Å². The molecule has 1 aromatic rings. The minimum Gasteiger partial charge on any atom is -0.478 e. The third kappa shape index (κ3) is 3.59. The zero-order chi connectivity index (χ0) is 13.5. The molecular weight excluding hydrogens is 234 g/mol. The largest absolute Gasteiger partial charge is 0.478 e. The lowest BCUT2D eigenvalue weighted by molar-refractivity contribution is 0.0697. The van der Waals surface area contributed by atoms with E-state index in [4.69, 9.17) is 15.6 Å². The first-order valence-electron chi connectivity index (χ1n) is 5.91. The van der Waals surface area contributed by atoms with Crippen LogP contribution in [0.2, 0.25) is 0 Å². The zero-order valence-electron chi connectivity index (χ0n) is 10.7. The predicted octanol–water partition coefficient (Wildman–Crippen LogP) is 1.22. The highest BCUT2D eigenvalue weighted by atomic mass is 16.5. The molecule has 1 heterocycles. The van der Waals surface area contributed by atoms with E-state index in [-0.39, 0.29) is 11.4 Å². The summed E-state index contributed by atoms with van der Waals surface area (Å²) in [5, 5.41) is 9.16. The van der Waals surface area contributed by atoms with Gasteiger partial charge in [0.15, 0.2) is 0 Å². The molecule has 100 valence electrons. The van der Waals surface area contributed by atoms with Crippen molar-refractivity contribution in [1.82, 2.24) is 4.98 Å². The smallest absolute Gasteiger partial charge is 0.338 e. The number of carbonyl (C=O) groups is 1. The molecule has 0 radical (unpaired) electrons. The van der Waals surface area contributed by atoms with Crippen molar-refractivity contribution < 1.29 is 14.6 Å². The molecule has 0 spiro atoms. The number of aromatic carboxylic acids is 1. The first kappa shape index (κ1) is 14.2. The van der Waals surface area contributed by atoms with Crippen LogP contribution in [0.15, 0.2) is 12.3 Å². The summed E-state index contributed by atoms with van der Waals surface area (Å²) in [7, 11) is 0. The fourth-order valence-electron chi connectivity index (χ4n) is 1.66. The van der Waals surface area contributed by atoms with Crippen LogP contribution in [0.5, 0.6) is 0 Å². The van der Waals surface area contributed by atoms with E-state index in [0.29, 0.717) is 32.0 Å². The summed E-state index contributed by atoms with van der Waals surface area (Å²) >= 11 is 0. The van der Waals surface area contributed by atoms with Crippen LogP contribution < -0.4 is 10.6 Å². The summed E-state index contributed by atoms with van der Waals surface area (Å²) < 4.78 is 5.28. The molecule has 1 rings (SSSR count). The maximum absolute atomic E-state index is 11.2. The zero-order valence-corrected chi connectivity index (χ0v) is 10.7. The average Bonchev–Trinajstić information content (AvgIpc) is 2.35. The van der Waals surface area contributed by atoms with Gasteiger partial charge in [-0.25, -0.2) is 9.78 Å². The summed E-state index contributed by atoms with van der Waals surface area (Å²) in [6.45, 7) is 6.37. The Bertz CT molecular complexity index is 410. The molecule has 18 heavy (non-hydrogen) atoms. The number of carboxylic acid groups (broad SMARTS) is 1. The third-order valence-corrected chi connectivity index (χ3v) is 2.57. The Labute approximate surface area is 106 Å². The highest BCUT2D eigenvalue weighted by Crippen LogP contribution is 2.21. The van der Waals surface area contributed by atoms with Crippen LogP contribution in [0.3, 0.4) is 0 Å². The molecule has 0 atom stereocenters. The van der Waals surface area contributed by atoms with E-state index in [1.54, 1.807) is 0 Å². The van der Waals surface area contributed by atoms with Crippen molar-refractivity contribution in [1.29, 1.82) is 0 Å². The minimum absolute atomic E-state index is 0.167. The fourth-order valence-corrected chi connectivity index (χ4v) is 1.66.